The van der Waals surface area contributed by atoms with E-state index in [4.69, 9.17) is 14.2 Å². The van der Waals surface area contributed by atoms with Crippen LogP contribution in [0, 0.1) is 0 Å². The summed E-state index contributed by atoms with van der Waals surface area (Å²) in [6.45, 7) is 9.57. The highest BCUT2D eigenvalue weighted by atomic mass is 16.5. The van der Waals surface area contributed by atoms with Gasteiger partial charge >= 0.3 is 0 Å². The molecule has 0 unspecified atom stereocenters. The van der Waals surface area contributed by atoms with E-state index in [0.717, 1.165) is 44.0 Å². The third-order valence-corrected chi connectivity index (χ3v) is 6.37. The molecule has 1 atom stereocenters. The lowest BCUT2D eigenvalue weighted by Gasteiger charge is -2.32. The van der Waals surface area contributed by atoms with Gasteiger partial charge in [0, 0.05) is 37.5 Å². The number of fused-ring (bicyclic) bond motifs is 1. The fraction of sp³-hybridized carbons (Fsp3) is 0.640. The molecule has 1 aromatic carbocycles. The summed E-state index contributed by atoms with van der Waals surface area (Å²) in [6, 6.07) is 3.57. The molecule has 0 aliphatic carbocycles. The zero-order valence-corrected chi connectivity index (χ0v) is 20.1. The Balaban J connectivity index is 1.58. The van der Waals surface area contributed by atoms with E-state index < -0.39 is 0 Å². The van der Waals surface area contributed by atoms with E-state index in [9.17, 15) is 4.79 Å². The number of carbonyl (C=O) groups excluding carboxylic acids is 1. The van der Waals surface area contributed by atoms with Crippen LogP contribution in [0.25, 0.3) is 0 Å². The summed E-state index contributed by atoms with van der Waals surface area (Å²) in [4.78, 5) is 15.5. The SMILES string of the molecule is CCOc1cc(C(=O)N2CCC[C@@H](c3nnc4n3CCCCC4)C2)cc(OCC)c1OCC. The number of hydrogen-bond donors (Lipinski definition) is 0. The second-order valence-electron chi connectivity index (χ2n) is 8.63. The van der Waals surface area contributed by atoms with Gasteiger partial charge in [-0.3, -0.25) is 4.79 Å². The molecule has 33 heavy (non-hydrogen) atoms. The van der Waals surface area contributed by atoms with Crippen LogP contribution in [0.5, 0.6) is 17.2 Å². The first-order chi connectivity index (χ1) is 16.2. The van der Waals surface area contributed by atoms with Crippen molar-refractivity contribution in [3.8, 4) is 17.2 Å². The Bertz CT molecular complexity index is 931. The number of rotatable bonds is 8. The quantitative estimate of drug-likeness (QED) is 0.592. The van der Waals surface area contributed by atoms with Crippen molar-refractivity contribution in [2.75, 3.05) is 32.9 Å². The van der Waals surface area contributed by atoms with Gasteiger partial charge in [-0.25, -0.2) is 0 Å². The number of aromatic nitrogens is 3. The largest absolute Gasteiger partial charge is 0.490 e. The van der Waals surface area contributed by atoms with Crippen LogP contribution in [0.3, 0.4) is 0 Å². The topological polar surface area (TPSA) is 78.7 Å². The van der Waals surface area contributed by atoms with Gasteiger partial charge in [0.2, 0.25) is 5.75 Å². The van der Waals surface area contributed by atoms with E-state index >= 15 is 0 Å². The molecule has 180 valence electrons. The molecule has 4 rings (SSSR count). The maximum Gasteiger partial charge on any atom is 0.254 e. The van der Waals surface area contributed by atoms with Crippen LogP contribution < -0.4 is 14.2 Å². The van der Waals surface area contributed by atoms with Crippen molar-refractivity contribution >= 4 is 5.91 Å². The second-order valence-corrected chi connectivity index (χ2v) is 8.63. The summed E-state index contributed by atoms with van der Waals surface area (Å²) < 4.78 is 19.7. The predicted octanol–water partition coefficient (Wildman–Crippen LogP) is 4.22. The summed E-state index contributed by atoms with van der Waals surface area (Å²) in [5.74, 6) is 3.99. The van der Waals surface area contributed by atoms with E-state index in [0.29, 0.717) is 49.2 Å². The molecule has 8 heteroatoms. The van der Waals surface area contributed by atoms with Gasteiger partial charge in [0.05, 0.1) is 19.8 Å². The van der Waals surface area contributed by atoms with Gasteiger partial charge in [-0.05, 0) is 58.6 Å². The summed E-state index contributed by atoms with van der Waals surface area (Å²) in [5.41, 5.74) is 0.561. The molecule has 2 aliphatic rings. The van der Waals surface area contributed by atoms with Crippen LogP contribution in [0.2, 0.25) is 0 Å². The number of likely N-dealkylation sites (tertiary alicyclic amines) is 1. The highest BCUT2D eigenvalue weighted by Crippen LogP contribution is 2.40. The van der Waals surface area contributed by atoms with Crippen LogP contribution in [-0.4, -0.2) is 58.5 Å². The lowest BCUT2D eigenvalue weighted by atomic mass is 9.96. The highest BCUT2D eigenvalue weighted by Gasteiger charge is 2.31. The van der Waals surface area contributed by atoms with Crippen molar-refractivity contribution in [1.82, 2.24) is 19.7 Å². The fourth-order valence-electron chi connectivity index (χ4n) is 4.88. The molecular formula is C25H36N4O4. The Kier molecular flexibility index (Phi) is 7.73. The number of ether oxygens (including phenoxy) is 3. The lowest BCUT2D eigenvalue weighted by molar-refractivity contribution is 0.0702. The normalized spacial score (nSPS) is 18.4. The Morgan fingerprint density at radius 3 is 2.36 bits per heavy atom. The van der Waals surface area contributed by atoms with Gasteiger partial charge in [0.1, 0.15) is 11.6 Å². The maximum absolute atomic E-state index is 13.6. The minimum Gasteiger partial charge on any atom is -0.490 e. The fourth-order valence-corrected chi connectivity index (χ4v) is 4.88. The Morgan fingerprint density at radius 1 is 0.939 bits per heavy atom. The lowest BCUT2D eigenvalue weighted by Crippen LogP contribution is -2.39. The van der Waals surface area contributed by atoms with Gasteiger partial charge in [-0.15, -0.1) is 10.2 Å². The number of amides is 1. The molecule has 8 nitrogen and oxygen atoms in total. The van der Waals surface area contributed by atoms with E-state index in [-0.39, 0.29) is 11.8 Å². The van der Waals surface area contributed by atoms with Gasteiger partial charge < -0.3 is 23.7 Å². The first-order valence-corrected chi connectivity index (χ1v) is 12.4. The Labute approximate surface area is 196 Å². The number of aryl methyl sites for hydroxylation is 1. The minimum absolute atomic E-state index is 0.0136. The number of piperidine rings is 1. The predicted molar refractivity (Wildman–Crippen MR) is 125 cm³/mol. The van der Waals surface area contributed by atoms with Crippen LogP contribution in [0.15, 0.2) is 12.1 Å². The van der Waals surface area contributed by atoms with Crippen molar-refractivity contribution in [2.45, 2.75) is 71.8 Å². The summed E-state index contributed by atoms with van der Waals surface area (Å²) in [5, 5.41) is 9.03. The standard InChI is InChI=1S/C25H36N4O4/c1-4-31-20-15-19(16-21(32-5-2)23(20)33-6-3)25(30)28-13-10-11-18(17-28)24-27-26-22-12-8-7-9-14-29(22)24/h15-16,18H,4-14,17H2,1-3H3/t18-/m1/s1. The molecule has 1 saturated heterocycles. The highest BCUT2D eigenvalue weighted by molar-refractivity contribution is 5.95. The van der Waals surface area contributed by atoms with E-state index in [1.807, 2.05) is 25.7 Å². The average molecular weight is 457 g/mol. The van der Waals surface area contributed by atoms with Gasteiger partial charge in [-0.2, -0.15) is 0 Å². The molecule has 1 aromatic heterocycles. The van der Waals surface area contributed by atoms with Gasteiger partial charge in [0.25, 0.3) is 5.91 Å². The molecule has 0 N–H and O–H groups in total. The number of carbonyl (C=O) groups is 1. The van der Waals surface area contributed by atoms with Crippen LogP contribution in [0.1, 0.15) is 80.8 Å². The Morgan fingerprint density at radius 2 is 1.67 bits per heavy atom. The van der Waals surface area contributed by atoms with Crippen LogP contribution >= 0.6 is 0 Å². The van der Waals surface area contributed by atoms with Gasteiger partial charge in [0.15, 0.2) is 11.5 Å². The van der Waals surface area contributed by atoms with Crippen molar-refractivity contribution in [3.05, 3.63) is 29.3 Å². The molecule has 0 radical (unpaired) electrons. The van der Waals surface area contributed by atoms with Crippen LogP contribution in [0.4, 0.5) is 0 Å². The molecule has 2 aliphatic heterocycles. The minimum atomic E-state index is -0.0136. The molecule has 2 aromatic rings. The van der Waals surface area contributed by atoms with Gasteiger partial charge in [-0.1, -0.05) is 6.42 Å². The summed E-state index contributed by atoms with van der Waals surface area (Å²) in [6.07, 6.45) is 6.55. The Hall–Kier alpha value is -2.77. The second kappa shape index (κ2) is 10.9. The third-order valence-electron chi connectivity index (χ3n) is 6.37. The molecular weight excluding hydrogens is 420 g/mol. The molecule has 3 heterocycles. The van der Waals surface area contributed by atoms with Crippen molar-refractivity contribution < 1.29 is 19.0 Å². The van der Waals surface area contributed by atoms with Crippen LogP contribution in [-0.2, 0) is 13.0 Å². The zero-order chi connectivity index (χ0) is 23.2. The number of benzene rings is 1. The molecule has 1 fully saturated rings. The van der Waals surface area contributed by atoms with E-state index in [1.54, 1.807) is 12.1 Å². The number of hydrogen-bond acceptors (Lipinski definition) is 6. The van der Waals surface area contributed by atoms with Crippen molar-refractivity contribution in [2.24, 2.45) is 0 Å². The molecule has 0 spiro atoms. The monoisotopic (exact) mass is 456 g/mol. The third kappa shape index (κ3) is 5.09. The molecule has 0 bridgehead atoms. The van der Waals surface area contributed by atoms with Crippen molar-refractivity contribution in [3.63, 3.8) is 0 Å². The summed E-state index contributed by atoms with van der Waals surface area (Å²) in [7, 11) is 0. The van der Waals surface area contributed by atoms with Crippen molar-refractivity contribution in [1.29, 1.82) is 0 Å². The zero-order valence-electron chi connectivity index (χ0n) is 20.1. The molecule has 0 saturated carbocycles. The maximum atomic E-state index is 13.6. The first kappa shape index (κ1) is 23.4. The van der Waals surface area contributed by atoms with E-state index in [2.05, 4.69) is 14.8 Å². The smallest absolute Gasteiger partial charge is 0.254 e. The average Bonchev–Trinajstić information content (AvgIpc) is 3.09. The first-order valence-electron chi connectivity index (χ1n) is 12.4. The number of nitrogens with zero attached hydrogens (tertiary/aromatic N) is 4. The van der Waals surface area contributed by atoms with E-state index in [1.165, 1.54) is 19.3 Å². The summed E-state index contributed by atoms with van der Waals surface area (Å²) >= 11 is 0. The molecule has 1 amide bonds.